The molecule has 2 rings (SSSR count). The molecule has 20 heavy (non-hydrogen) atoms. The van der Waals surface area contributed by atoms with Crippen molar-refractivity contribution in [2.75, 3.05) is 13.6 Å². The van der Waals surface area contributed by atoms with Gasteiger partial charge in [-0.25, -0.2) is 13.1 Å². The maximum absolute atomic E-state index is 12.2. The molecule has 1 saturated carbocycles. The van der Waals surface area contributed by atoms with E-state index < -0.39 is 10.0 Å². The highest BCUT2D eigenvalue weighted by Crippen LogP contribution is 2.35. The van der Waals surface area contributed by atoms with Crippen molar-refractivity contribution >= 4 is 10.0 Å². The second-order valence-electron chi connectivity index (χ2n) is 5.95. The van der Waals surface area contributed by atoms with E-state index in [2.05, 4.69) is 17.0 Å². The minimum Gasteiger partial charge on any atom is -0.447 e. The predicted octanol–water partition coefficient (Wildman–Crippen LogP) is 2.25. The van der Waals surface area contributed by atoms with Crippen LogP contribution in [0.3, 0.4) is 0 Å². The Morgan fingerprint density at radius 2 is 1.95 bits per heavy atom. The van der Waals surface area contributed by atoms with Gasteiger partial charge in [-0.2, -0.15) is 0 Å². The fourth-order valence-corrected chi connectivity index (χ4v) is 3.84. The second kappa shape index (κ2) is 6.28. The van der Waals surface area contributed by atoms with Gasteiger partial charge < -0.3 is 9.73 Å². The van der Waals surface area contributed by atoms with Crippen molar-refractivity contribution in [2.45, 2.75) is 50.7 Å². The molecule has 0 atom stereocenters. The highest BCUT2D eigenvalue weighted by molar-refractivity contribution is 7.89. The Bertz CT molecular complexity index is 530. The largest absolute Gasteiger partial charge is 0.447 e. The smallest absolute Gasteiger partial charge is 0.273 e. The van der Waals surface area contributed by atoms with Crippen molar-refractivity contribution in [1.82, 2.24) is 10.0 Å². The fourth-order valence-electron chi connectivity index (χ4n) is 2.69. The van der Waals surface area contributed by atoms with E-state index in [1.165, 1.54) is 25.3 Å². The molecule has 1 aliphatic carbocycles. The summed E-state index contributed by atoms with van der Waals surface area (Å²) in [6.07, 6.45) is 5.79. The Morgan fingerprint density at radius 1 is 1.25 bits per heavy atom. The maximum atomic E-state index is 12.2. The van der Waals surface area contributed by atoms with Crippen molar-refractivity contribution in [3.05, 3.63) is 17.9 Å². The molecule has 1 aromatic rings. The lowest BCUT2D eigenvalue weighted by molar-refractivity contribution is 0.218. The number of rotatable bonds is 6. The third-order valence-corrected chi connectivity index (χ3v) is 5.28. The van der Waals surface area contributed by atoms with Crippen LogP contribution < -0.4 is 10.0 Å². The summed E-state index contributed by atoms with van der Waals surface area (Å²) in [6.45, 7) is 3.16. The molecule has 0 unspecified atom stereocenters. The Morgan fingerprint density at radius 3 is 2.60 bits per heavy atom. The summed E-state index contributed by atoms with van der Waals surface area (Å²) in [5.41, 5.74) is 0.0751. The van der Waals surface area contributed by atoms with E-state index in [-0.39, 0.29) is 10.5 Å². The quantitative estimate of drug-likeness (QED) is 0.845. The van der Waals surface area contributed by atoms with Gasteiger partial charge in [0.25, 0.3) is 10.0 Å². The first-order chi connectivity index (χ1) is 9.45. The molecular weight excluding hydrogens is 276 g/mol. The van der Waals surface area contributed by atoms with Crippen LogP contribution in [0.4, 0.5) is 0 Å². The summed E-state index contributed by atoms with van der Waals surface area (Å²) in [5.74, 6) is 0.622. The minimum absolute atomic E-state index is 0.00200. The Kier molecular flexibility index (Phi) is 4.88. The van der Waals surface area contributed by atoms with Gasteiger partial charge in [-0.15, -0.1) is 0 Å². The number of hydrogen-bond donors (Lipinski definition) is 2. The molecule has 0 amide bonds. The molecule has 0 spiro atoms. The summed E-state index contributed by atoms with van der Waals surface area (Å²) < 4.78 is 32.5. The fraction of sp³-hybridized carbons (Fsp3) is 0.714. The first-order valence-electron chi connectivity index (χ1n) is 7.18. The van der Waals surface area contributed by atoms with Crippen LogP contribution in [0.1, 0.15) is 44.8 Å². The van der Waals surface area contributed by atoms with Crippen LogP contribution in [0.2, 0.25) is 0 Å². The first-order valence-corrected chi connectivity index (χ1v) is 8.66. The van der Waals surface area contributed by atoms with E-state index in [1.54, 1.807) is 13.1 Å². The molecular formula is C14H24N2O3S. The minimum atomic E-state index is -3.54. The van der Waals surface area contributed by atoms with Crippen LogP contribution in [-0.4, -0.2) is 22.0 Å². The van der Waals surface area contributed by atoms with Crippen LogP contribution in [0.25, 0.3) is 0 Å². The van der Waals surface area contributed by atoms with Gasteiger partial charge in [0, 0.05) is 6.54 Å². The van der Waals surface area contributed by atoms with Gasteiger partial charge >= 0.3 is 0 Å². The van der Waals surface area contributed by atoms with E-state index in [4.69, 9.17) is 4.42 Å². The van der Waals surface area contributed by atoms with Gasteiger partial charge in [0.05, 0.1) is 6.54 Å². The van der Waals surface area contributed by atoms with Crippen LogP contribution in [0, 0.1) is 5.41 Å². The van der Waals surface area contributed by atoms with Crippen LogP contribution in [0.15, 0.2) is 21.6 Å². The number of furan rings is 1. The van der Waals surface area contributed by atoms with Crippen molar-refractivity contribution < 1.29 is 12.8 Å². The van der Waals surface area contributed by atoms with Gasteiger partial charge in [-0.1, -0.05) is 26.2 Å². The third kappa shape index (κ3) is 3.84. The Labute approximate surface area is 121 Å². The molecule has 114 valence electrons. The number of hydrogen-bond acceptors (Lipinski definition) is 4. The molecule has 6 heteroatoms. The zero-order valence-electron chi connectivity index (χ0n) is 12.2. The van der Waals surface area contributed by atoms with Crippen molar-refractivity contribution in [3.8, 4) is 0 Å². The van der Waals surface area contributed by atoms with E-state index in [1.807, 2.05) is 0 Å². The zero-order chi connectivity index (χ0) is 14.6. The van der Waals surface area contributed by atoms with Gasteiger partial charge in [0.15, 0.2) is 0 Å². The number of nitrogens with one attached hydrogen (secondary N) is 2. The topological polar surface area (TPSA) is 71.3 Å². The highest BCUT2D eigenvalue weighted by atomic mass is 32.2. The molecule has 0 aliphatic heterocycles. The van der Waals surface area contributed by atoms with Crippen LogP contribution >= 0.6 is 0 Å². The molecule has 1 fully saturated rings. The van der Waals surface area contributed by atoms with Crippen molar-refractivity contribution in [2.24, 2.45) is 5.41 Å². The summed E-state index contributed by atoms with van der Waals surface area (Å²) >= 11 is 0. The molecule has 0 aromatic carbocycles. The summed E-state index contributed by atoms with van der Waals surface area (Å²) in [4.78, 5) is 0. The molecule has 5 nitrogen and oxygen atoms in total. The second-order valence-corrected chi connectivity index (χ2v) is 7.64. The SMILES string of the molecule is CNCc1ccc(S(=O)(=O)NCC2(C)CCCCC2)o1. The summed E-state index contributed by atoms with van der Waals surface area (Å²) in [6, 6.07) is 3.20. The molecule has 2 N–H and O–H groups in total. The molecule has 1 aromatic heterocycles. The van der Waals surface area contributed by atoms with Crippen LogP contribution in [-0.2, 0) is 16.6 Å². The van der Waals surface area contributed by atoms with Crippen LogP contribution in [0.5, 0.6) is 0 Å². The molecule has 0 saturated heterocycles. The lowest BCUT2D eigenvalue weighted by atomic mass is 9.76. The average molecular weight is 300 g/mol. The Hall–Kier alpha value is -0.850. The highest BCUT2D eigenvalue weighted by Gasteiger charge is 2.29. The standard InChI is InChI=1S/C14H24N2O3S/c1-14(8-4-3-5-9-14)11-16-20(17,18)13-7-6-12(19-13)10-15-2/h6-7,15-16H,3-5,8-11H2,1-2H3. The normalized spacial score (nSPS) is 19.1. The maximum Gasteiger partial charge on any atom is 0.273 e. The number of sulfonamides is 1. The van der Waals surface area contributed by atoms with Crippen molar-refractivity contribution in [3.63, 3.8) is 0 Å². The average Bonchev–Trinajstić information content (AvgIpc) is 2.88. The molecule has 1 aliphatic rings. The molecule has 0 bridgehead atoms. The Balaban J connectivity index is 1.99. The summed E-state index contributed by atoms with van der Waals surface area (Å²) in [7, 11) is -1.75. The lowest BCUT2D eigenvalue weighted by Crippen LogP contribution is -2.36. The van der Waals surface area contributed by atoms with Gasteiger partial charge in [0.2, 0.25) is 5.09 Å². The van der Waals surface area contributed by atoms with Crippen molar-refractivity contribution in [1.29, 1.82) is 0 Å². The van der Waals surface area contributed by atoms with E-state index in [0.29, 0.717) is 18.8 Å². The van der Waals surface area contributed by atoms with E-state index >= 15 is 0 Å². The van der Waals surface area contributed by atoms with E-state index in [9.17, 15) is 8.42 Å². The monoisotopic (exact) mass is 300 g/mol. The van der Waals surface area contributed by atoms with E-state index in [0.717, 1.165) is 12.8 Å². The van der Waals surface area contributed by atoms with Gasteiger partial charge in [0.1, 0.15) is 5.76 Å². The molecule has 0 radical (unpaired) electrons. The first kappa shape index (κ1) is 15.5. The summed E-state index contributed by atoms with van der Waals surface area (Å²) in [5, 5.41) is 2.93. The predicted molar refractivity (Wildman–Crippen MR) is 77.9 cm³/mol. The zero-order valence-corrected chi connectivity index (χ0v) is 13.1. The van der Waals surface area contributed by atoms with Gasteiger partial charge in [-0.3, -0.25) is 0 Å². The van der Waals surface area contributed by atoms with Gasteiger partial charge in [-0.05, 0) is 37.4 Å². The third-order valence-electron chi connectivity index (χ3n) is 4.00. The molecule has 1 heterocycles. The lowest BCUT2D eigenvalue weighted by Gasteiger charge is -2.33.